The summed E-state index contributed by atoms with van der Waals surface area (Å²) in [5, 5.41) is 7.64. The lowest BCUT2D eigenvalue weighted by Gasteiger charge is -2.38. The van der Waals surface area contributed by atoms with E-state index in [1.54, 1.807) is 12.1 Å². The molecule has 0 aliphatic carbocycles. The average molecular weight is 279 g/mol. The molecule has 1 aromatic carbocycles. The first kappa shape index (κ1) is 14.8. The van der Waals surface area contributed by atoms with Gasteiger partial charge in [-0.1, -0.05) is 13.0 Å². The second-order valence-electron chi connectivity index (χ2n) is 5.71. The molecule has 0 atom stereocenters. The van der Waals surface area contributed by atoms with E-state index in [-0.39, 0.29) is 17.1 Å². The van der Waals surface area contributed by atoms with E-state index in [1.165, 1.54) is 13.2 Å². The van der Waals surface area contributed by atoms with Gasteiger partial charge in [0.05, 0.1) is 12.9 Å². The zero-order valence-electron chi connectivity index (χ0n) is 12.1. The SMILES string of the molecule is COc1ccc(CN2CCC(C)(C(=N)N)CC2)c(F)c1. The number of hydrogen-bond donors (Lipinski definition) is 2. The molecule has 110 valence electrons. The molecular formula is C15H22FN3O. The highest BCUT2D eigenvalue weighted by Crippen LogP contribution is 2.31. The number of ether oxygens (including phenoxy) is 1. The van der Waals surface area contributed by atoms with E-state index >= 15 is 0 Å². The molecule has 0 unspecified atom stereocenters. The predicted molar refractivity (Wildman–Crippen MR) is 77.5 cm³/mol. The summed E-state index contributed by atoms with van der Waals surface area (Å²) in [5.74, 6) is 0.561. The number of likely N-dealkylation sites (tertiary alicyclic amines) is 1. The fourth-order valence-corrected chi connectivity index (χ4v) is 2.50. The fraction of sp³-hybridized carbons (Fsp3) is 0.533. The van der Waals surface area contributed by atoms with Gasteiger partial charge >= 0.3 is 0 Å². The minimum absolute atomic E-state index is 0.199. The lowest BCUT2D eigenvalue weighted by molar-refractivity contribution is 0.154. The van der Waals surface area contributed by atoms with Crippen LogP contribution in [0.15, 0.2) is 18.2 Å². The standard InChI is InChI=1S/C15H22FN3O/c1-15(14(17)18)5-7-19(8-6-15)10-11-3-4-12(20-2)9-13(11)16/h3-4,9H,5-8,10H2,1-2H3,(H3,17,18). The van der Waals surface area contributed by atoms with Gasteiger partial charge < -0.3 is 10.5 Å². The number of piperidine rings is 1. The smallest absolute Gasteiger partial charge is 0.131 e. The van der Waals surface area contributed by atoms with Crippen LogP contribution in [0.3, 0.4) is 0 Å². The molecule has 0 spiro atoms. The van der Waals surface area contributed by atoms with Gasteiger partial charge in [-0.3, -0.25) is 10.3 Å². The number of rotatable bonds is 4. The Kier molecular flexibility index (Phi) is 4.28. The van der Waals surface area contributed by atoms with Crippen molar-refractivity contribution in [2.24, 2.45) is 11.1 Å². The van der Waals surface area contributed by atoms with Crippen LogP contribution < -0.4 is 10.5 Å². The van der Waals surface area contributed by atoms with Crippen molar-refractivity contribution in [3.05, 3.63) is 29.6 Å². The van der Waals surface area contributed by atoms with Crippen molar-refractivity contribution in [1.82, 2.24) is 4.90 Å². The summed E-state index contributed by atoms with van der Waals surface area (Å²) >= 11 is 0. The quantitative estimate of drug-likeness (QED) is 0.657. The van der Waals surface area contributed by atoms with Crippen LogP contribution in [-0.2, 0) is 6.54 Å². The number of hydrogen-bond acceptors (Lipinski definition) is 3. The minimum atomic E-state index is -0.232. The van der Waals surface area contributed by atoms with Gasteiger partial charge in [0, 0.05) is 23.6 Å². The van der Waals surface area contributed by atoms with Crippen molar-refractivity contribution in [1.29, 1.82) is 5.41 Å². The number of benzene rings is 1. The number of nitrogens with two attached hydrogens (primary N) is 1. The lowest BCUT2D eigenvalue weighted by atomic mass is 9.79. The Bertz CT molecular complexity index is 496. The number of methoxy groups -OCH3 is 1. The Morgan fingerprint density at radius 3 is 2.60 bits per heavy atom. The van der Waals surface area contributed by atoms with Gasteiger partial charge in [0.15, 0.2) is 0 Å². The monoisotopic (exact) mass is 279 g/mol. The highest BCUT2D eigenvalue weighted by Gasteiger charge is 2.32. The Balaban J connectivity index is 1.98. The maximum Gasteiger partial charge on any atom is 0.131 e. The molecule has 1 aliphatic rings. The van der Waals surface area contributed by atoms with Crippen molar-refractivity contribution < 1.29 is 9.13 Å². The summed E-state index contributed by atoms with van der Waals surface area (Å²) < 4.78 is 18.9. The van der Waals surface area contributed by atoms with Crippen LogP contribution in [0.1, 0.15) is 25.3 Å². The predicted octanol–water partition coefficient (Wildman–Crippen LogP) is 2.37. The van der Waals surface area contributed by atoms with E-state index < -0.39 is 0 Å². The van der Waals surface area contributed by atoms with Crippen LogP contribution in [0.25, 0.3) is 0 Å². The Hall–Kier alpha value is -1.62. The van der Waals surface area contributed by atoms with Crippen molar-refractivity contribution in [3.63, 3.8) is 0 Å². The van der Waals surface area contributed by atoms with E-state index in [0.717, 1.165) is 25.9 Å². The number of amidine groups is 1. The highest BCUT2D eigenvalue weighted by atomic mass is 19.1. The van der Waals surface area contributed by atoms with E-state index in [4.69, 9.17) is 15.9 Å². The third kappa shape index (κ3) is 3.10. The molecule has 2 rings (SSSR count). The van der Waals surface area contributed by atoms with Crippen molar-refractivity contribution in [3.8, 4) is 5.75 Å². The molecule has 5 heteroatoms. The Morgan fingerprint density at radius 2 is 2.10 bits per heavy atom. The van der Waals surface area contributed by atoms with E-state index in [2.05, 4.69) is 4.90 Å². The zero-order valence-corrected chi connectivity index (χ0v) is 12.1. The van der Waals surface area contributed by atoms with Gasteiger partial charge in [0.2, 0.25) is 0 Å². The first-order valence-corrected chi connectivity index (χ1v) is 6.84. The third-order valence-electron chi connectivity index (χ3n) is 4.26. The second kappa shape index (κ2) is 5.79. The van der Waals surface area contributed by atoms with Gasteiger partial charge in [0.1, 0.15) is 11.6 Å². The molecule has 1 heterocycles. The van der Waals surface area contributed by atoms with Crippen molar-refractivity contribution in [2.45, 2.75) is 26.3 Å². The molecular weight excluding hydrogens is 257 g/mol. The molecule has 3 N–H and O–H groups in total. The largest absolute Gasteiger partial charge is 0.497 e. The molecule has 0 aromatic heterocycles. The van der Waals surface area contributed by atoms with Crippen molar-refractivity contribution >= 4 is 5.84 Å². The number of halogens is 1. The van der Waals surface area contributed by atoms with Crippen LogP contribution in [0, 0.1) is 16.6 Å². The summed E-state index contributed by atoms with van der Waals surface area (Å²) in [7, 11) is 1.53. The summed E-state index contributed by atoms with van der Waals surface area (Å²) in [6.07, 6.45) is 1.69. The molecule has 1 saturated heterocycles. The van der Waals surface area contributed by atoms with Gasteiger partial charge in [-0.05, 0) is 32.0 Å². The first-order valence-electron chi connectivity index (χ1n) is 6.84. The summed E-state index contributed by atoms with van der Waals surface area (Å²) in [6.45, 7) is 4.29. The average Bonchev–Trinajstić information content (AvgIpc) is 2.43. The van der Waals surface area contributed by atoms with Crippen LogP contribution in [0.4, 0.5) is 4.39 Å². The molecule has 0 saturated carbocycles. The first-order chi connectivity index (χ1) is 9.44. The minimum Gasteiger partial charge on any atom is -0.497 e. The zero-order chi connectivity index (χ0) is 14.8. The van der Waals surface area contributed by atoms with Crippen LogP contribution in [0.5, 0.6) is 5.75 Å². The molecule has 20 heavy (non-hydrogen) atoms. The second-order valence-corrected chi connectivity index (χ2v) is 5.71. The molecule has 1 aromatic rings. The fourth-order valence-electron chi connectivity index (χ4n) is 2.50. The molecule has 0 bridgehead atoms. The number of nitrogens with one attached hydrogen (secondary N) is 1. The van der Waals surface area contributed by atoms with Gasteiger partial charge in [-0.15, -0.1) is 0 Å². The molecule has 1 fully saturated rings. The van der Waals surface area contributed by atoms with E-state index in [0.29, 0.717) is 17.9 Å². The Morgan fingerprint density at radius 1 is 1.45 bits per heavy atom. The van der Waals surface area contributed by atoms with Gasteiger partial charge in [-0.2, -0.15) is 0 Å². The van der Waals surface area contributed by atoms with Crippen LogP contribution >= 0.6 is 0 Å². The van der Waals surface area contributed by atoms with Crippen LogP contribution in [0.2, 0.25) is 0 Å². The maximum atomic E-state index is 13.9. The normalized spacial score (nSPS) is 18.8. The lowest BCUT2D eigenvalue weighted by Crippen LogP contribution is -2.44. The van der Waals surface area contributed by atoms with E-state index in [9.17, 15) is 4.39 Å². The maximum absolute atomic E-state index is 13.9. The summed E-state index contributed by atoms with van der Waals surface area (Å²) in [4.78, 5) is 2.20. The summed E-state index contributed by atoms with van der Waals surface area (Å²) in [6, 6.07) is 4.97. The number of nitrogens with zero attached hydrogens (tertiary/aromatic N) is 1. The molecule has 0 amide bonds. The van der Waals surface area contributed by atoms with Crippen molar-refractivity contribution in [2.75, 3.05) is 20.2 Å². The third-order valence-corrected chi connectivity index (χ3v) is 4.26. The van der Waals surface area contributed by atoms with Crippen LogP contribution in [-0.4, -0.2) is 30.9 Å². The highest BCUT2D eigenvalue weighted by molar-refractivity contribution is 5.83. The van der Waals surface area contributed by atoms with E-state index in [1.807, 2.05) is 6.92 Å². The molecule has 4 nitrogen and oxygen atoms in total. The summed E-state index contributed by atoms with van der Waals surface area (Å²) in [5.41, 5.74) is 6.12. The van der Waals surface area contributed by atoms with Gasteiger partial charge in [0.25, 0.3) is 0 Å². The molecule has 1 aliphatic heterocycles. The Labute approximate surface area is 119 Å². The van der Waals surface area contributed by atoms with Gasteiger partial charge in [-0.25, -0.2) is 4.39 Å². The topological polar surface area (TPSA) is 62.3 Å². The molecule has 0 radical (unpaired) electrons.